The van der Waals surface area contributed by atoms with Crippen LogP contribution in [0.3, 0.4) is 0 Å². The average Bonchev–Trinajstić information content (AvgIpc) is 3.07. The van der Waals surface area contributed by atoms with Crippen LogP contribution >= 0.6 is 0 Å². The minimum Gasteiger partial charge on any atom is -0.324 e. The van der Waals surface area contributed by atoms with E-state index in [1.807, 2.05) is 19.9 Å². The lowest BCUT2D eigenvalue weighted by atomic mass is 10.0. The molecule has 2 N–H and O–H groups in total. The van der Waals surface area contributed by atoms with Gasteiger partial charge in [0.1, 0.15) is 11.2 Å². The molecule has 0 atom stereocenters. The van der Waals surface area contributed by atoms with Gasteiger partial charge in [-0.2, -0.15) is 4.98 Å². The van der Waals surface area contributed by atoms with Crippen LogP contribution in [0.15, 0.2) is 47.4 Å². The van der Waals surface area contributed by atoms with Gasteiger partial charge >= 0.3 is 0 Å². The second kappa shape index (κ2) is 7.87. The Labute approximate surface area is 184 Å². The van der Waals surface area contributed by atoms with Crippen LogP contribution in [0.25, 0.3) is 16.7 Å². The molecule has 32 heavy (non-hydrogen) atoms. The Morgan fingerprint density at radius 2 is 2.00 bits per heavy atom. The molecule has 2 aromatic carbocycles. The maximum atomic E-state index is 13.9. The van der Waals surface area contributed by atoms with Crippen molar-refractivity contribution in [2.45, 2.75) is 39.8 Å². The average molecular weight is 433 g/mol. The van der Waals surface area contributed by atoms with Crippen LogP contribution in [0, 0.1) is 12.7 Å². The summed E-state index contributed by atoms with van der Waals surface area (Å²) in [5.74, 6) is 0.109. The molecule has 0 aliphatic carbocycles. The number of fused-ring (bicyclic) bond motifs is 2. The van der Waals surface area contributed by atoms with E-state index >= 15 is 0 Å². The van der Waals surface area contributed by atoms with Gasteiger partial charge < -0.3 is 10.6 Å². The molecule has 1 aliphatic heterocycles. The smallest absolute Gasteiger partial charge is 0.278 e. The number of benzene rings is 2. The Morgan fingerprint density at radius 3 is 2.78 bits per heavy atom. The normalized spacial score (nSPS) is 13.5. The lowest BCUT2D eigenvalue weighted by Gasteiger charge is -2.18. The molecule has 7 nitrogen and oxygen atoms in total. The first-order chi connectivity index (χ1) is 15.4. The van der Waals surface area contributed by atoms with E-state index in [9.17, 15) is 9.18 Å². The molecule has 8 heteroatoms. The third kappa shape index (κ3) is 3.46. The molecular formula is C24H25FN6O. The van der Waals surface area contributed by atoms with Crippen molar-refractivity contribution >= 4 is 22.7 Å². The first-order valence-corrected chi connectivity index (χ1v) is 10.8. The molecule has 0 unspecified atom stereocenters. The highest BCUT2D eigenvalue weighted by Crippen LogP contribution is 2.24. The Morgan fingerprint density at radius 1 is 1.16 bits per heavy atom. The van der Waals surface area contributed by atoms with Gasteiger partial charge in [-0.1, -0.05) is 6.07 Å². The summed E-state index contributed by atoms with van der Waals surface area (Å²) in [4.78, 5) is 22.2. The third-order valence-electron chi connectivity index (χ3n) is 5.85. The van der Waals surface area contributed by atoms with Crippen LogP contribution in [0.2, 0.25) is 0 Å². The number of anilines is 2. The molecular weight excluding hydrogens is 407 g/mol. The second-order valence-corrected chi connectivity index (χ2v) is 8.45. The predicted molar refractivity (Wildman–Crippen MR) is 123 cm³/mol. The van der Waals surface area contributed by atoms with Gasteiger partial charge in [0.2, 0.25) is 5.95 Å². The number of rotatable bonds is 4. The predicted octanol–water partition coefficient (Wildman–Crippen LogP) is 4.00. The van der Waals surface area contributed by atoms with Crippen molar-refractivity contribution in [3.63, 3.8) is 0 Å². The molecule has 0 spiro atoms. The van der Waals surface area contributed by atoms with Gasteiger partial charge in [0.25, 0.3) is 5.56 Å². The standard InChI is InChI=1S/C24H25FN6O/c1-14(2)30-23(32)20-13-27-24(28-18-5-4-16-8-9-26-12-17(16)11-18)29-22(20)31(30)19-6-7-21(25)15(3)10-19/h4-7,10-11,13-14,26H,8-9,12H2,1-3H3,(H,27,28,29). The molecule has 0 radical (unpaired) electrons. The van der Waals surface area contributed by atoms with Crippen LogP contribution in [-0.4, -0.2) is 25.9 Å². The monoisotopic (exact) mass is 432 g/mol. The zero-order chi connectivity index (χ0) is 22.4. The van der Waals surface area contributed by atoms with E-state index in [0.717, 1.165) is 25.2 Å². The minimum atomic E-state index is -0.289. The van der Waals surface area contributed by atoms with E-state index in [4.69, 9.17) is 0 Å². The fraction of sp³-hybridized carbons (Fsp3) is 0.292. The summed E-state index contributed by atoms with van der Waals surface area (Å²) < 4.78 is 17.3. The lowest BCUT2D eigenvalue weighted by Crippen LogP contribution is -2.24. The van der Waals surface area contributed by atoms with Crippen molar-refractivity contribution in [3.8, 4) is 5.69 Å². The van der Waals surface area contributed by atoms with E-state index in [2.05, 4.69) is 32.7 Å². The molecule has 1 aliphatic rings. The largest absolute Gasteiger partial charge is 0.324 e. The highest BCUT2D eigenvalue weighted by molar-refractivity contribution is 5.77. The van der Waals surface area contributed by atoms with Gasteiger partial charge in [-0.25, -0.2) is 18.7 Å². The zero-order valence-corrected chi connectivity index (χ0v) is 18.3. The van der Waals surface area contributed by atoms with Crippen molar-refractivity contribution in [2.75, 3.05) is 11.9 Å². The topological polar surface area (TPSA) is 76.8 Å². The number of nitrogens with zero attached hydrogens (tertiary/aromatic N) is 4. The van der Waals surface area contributed by atoms with Gasteiger partial charge in [0.05, 0.1) is 5.69 Å². The maximum Gasteiger partial charge on any atom is 0.278 e. The van der Waals surface area contributed by atoms with Crippen LogP contribution < -0.4 is 16.2 Å². The number of hydrogen-bond donors (Lipinski definition) is 2. The quantitative estimate of drug-likeness (QED) is 0.510. The highest BCUT2D eigenvalue weighted by atomic mass is 19.1. The van der Waals surface area contributed by atoms with E-state index < -0.39 is 0 Å². The zero-order valence-electron chi connectivity index (χ0n) is 18.3. The van der Waals surface area contributed by atoms with Crippen LogP contribution in [0.5, 0.6) is 0 Å². The van der Waals surface area contributed by atoms with Gasteiger partial charge in [-0.15, -0.1) is 0 Å². The molecule has 0 bridgehead atoms. The number of hydrogen-bond acceptors (Lipinski definition) is 5. The summed E-state index contributed by atoms with van der Waals surface area (Å²) >= 11 is 0. The maximum absolute atomic E-state index is 13.9. The first-order valence-electron chi connectivity index (χ1n) is 10.8. The fourth-order valence-corrected chi connectivity index (χ4v) is 4.22. The number of aromatic nitrogens is 4. The fourth-order valence-electron chi connectivity index (χ4n) is 4.22. The summed E-state index contributed by atoms with van der Waals surface area (Å²) in [5.41, 5.74) is 4.97. The molecule has 4 aromatic rings. The van der Waals surface area contributed by atoms with Crippen molar-refractivity contribution < 1.29 is 4.39 Å². The molecule has 0 saturated carbocycles. The summed E-state index contributed by atoms with van der Waals surface area (Å²) in [5, 5.41) is 7.07. The summed E-state index contributed by atoms with van der Waals surface area (Å²) in [6.45, 7) is 7.40. The molecule has 164 valence electrons. The van der Waals surface area contributed by atoms with Crippen LogP contribution in [0.4, 0.5) is 16.0 Å². The number of nitrogens with one attached hydrogen (secondary N) is 2. The van der Waals surface area contributed by atoms with Gasteiger partial charge in [-0.3, -0.25) is 4.79 Å². The number of aryl methyl sites for hydroxylation is 1. The van der Waals surface area contributed by atoms with E-state index in [0.29, 0.717) is 28.2 Å². The first kappa shape index (κ1) is 20.4. The van der Waals surface area contributed by atoms with Crippen LogP contribution in [0.1, 0.15) is 36.6 Å². The summed E-state index contributed by atoms with van der Waals surface area (Å²) in [7, 11) is 0. The molecule has 2 aromatic heterocycles. The Kier molecular flexibility index (Phi) is 5.01. The van der Waals surface area contributed by atoms with E-state index in [1.54, 1.807) is 34.6 Å². The van der Waals surface area contributed by atoms with Crippen LogP contribution in [-0.2, 0) is 13.0 Å². The summed E-state index contributed by atoms with van der Waals surface area (Å²) in [6, 6.07) is 10.9. The van der Waals surface area contributed by atoms with Crippen molar-refractivity contribution in [3.05, 3.63) is 75.5 Å². The lowest BCUT2D eigenvalue weighted by molar-refractivity contribution is 0.475. The van der Waals surface area contributed by atoms with Gasteiger partial charge in [0.15, 0.2) is 5.65 Å². The molecule has 5 rings (SSSR count). The Bertz CT molecular complexity index is 1390. The van der Waals surface area contributed by atoms with E-state index in [-0.39, 0.29) is 17.4 Å². The van der Waals surface area contributed by atoms with Crippen molar-refractivity contribution in [1.82, 2.24) is 24.6 Å². The third-order valence-corrected chi connectivity index (χ3v) is 5.85. The molecule has 3 heterocycles. The van der Waals surface area contributed by atoms with E-state index in [1.165, 1.54) is 17.2 Å². The van der Waals surface area contributed by atoms with Crippen molar-refractivity contribution in [1.29, 1.82) is 0 Å². The SMILES string of the molecule is Cc1cc(-n2c3nc(Nc4ccc5c(c4)CNCC5)ncc3c(=O)n2C(C)C)ccc1F. The Balaban J connectivity index is 1.63. The minimum absolute atomic E-state index is 0.119. The molecule has 0 saturated heterocycles. The van der Waals surface area contributed by atoms with Crippen molar-refractivity contribution in [2.24, 2.45) is 0 Å². The molecule has 0 fully saturated rings. The Hall–Kier alpha value is -3.52. The summed E-state index contributed by atoms with van der Waals surface area (Å²) in [6.07, 6.45) is 2.57. The highest BCUT2D eigenvalue weighted by Gasteiger charge is 2.20. The number of halogens is 1. The van der Waals surface area contributed by atoms with Gasteiger partial charge in [0, 0.05) is 24.5 Å². The molecule has 0 amide bonds. The second-order valence-electron chi connectivity index (χ2n) is 8.45. The van der Waals surface area contributed by atoms with Gasteiger partial charge in [-0.05, 0) is 80.8 Å².